The number of thiophene rings is 1. The van der Waals surface area contributed by atoms with Crippen LogP contribution < -0.4 is 10.6 Å². The maximum Gasteiger partial charge on any atom is 0.0440 e. The van der Waals surface area contributed by atoms with Crippen molar-refractivity contribution in [3.63, 3.8) is 0 Å². The topological polar surface area (TPSA) is 29.3 Å². The fourth-order valence-electron chi connectivity index (χ4n) is 2.88. The van der Waals surface area contributed by atoms with Gasteiger partial charge in [0.25, 0.3) is 0 Å². The van der Waals surface area contributed by atoms with Gasteiger partial charge in [0.2, 0.25) is 0 Å². The molecule has 112 valence electrons. The van der Waals surface area contributed by atoms with Crippen LogP contribution in [0.15, 0.2) is 35.0 Å². The highest BCUT2D eigenvalue weighted by molar-refractivity contribution is 7.07. The summed E-state index contributed by atoms with van der Waals surface area (Å²) in [6.45, 7) is 5.27. The summed E-state index contributed by atoms with van der Waals surface area (Å²) in [5.41, 5.74) is 11.6. The minimum atomic E-state index is 0.202. The van der Waals surface area contributed by atoms with Crippen LogP contribution in [0, 0.1) is 6.92 Å². The number of aryl methyl sites for hydroxylation is 1. The Morgan fingerprint density at radius 3 is 2.76 bits per heavy atom. The van der Waals surface area contributed by atoms with E-state index in [0.717, 1.165) is 13.0 Å². The van der Waals surface area contributed by atoms with Crippen molar-refractivity contribution in [2.45, 2.75) is 51.7 Å². The Labute approximate surface area is 131 Å². The van der Waals surface area contributed by atoms with E-state index in [0.29, 0.717) is 6.04 Å². The van der Waals surface area contributed by atoms with Crippen LogP contribution in [0.25, 0.3) is 0 Å². The molecule has 1 aliphatic rings. The first-order valence-corrected chi connectivity index (χ1v) is 8.70. The van der Waals surface area contributed by atoms with Gasteiger partial charge in [-0.2, -0.15) is 11.3 Å². The van der Waals surface area contributed by atoms with Crippen molar-refractivity contribution < 1.29 is 0 Å². The van der Waals surface area contributed by atoms with E-state index in [9.17, 15) is 0 Å². The summed E-state index contributed by atoms with van der Waals surface area (Å²) < 4.78 is 0. The lowest BCUT2D eigenvalue weighted by Gasteiger charge is -2.28. The van der Waals surface area contributed by atoms with Gasteiger partial charge in [-0.15, -0.1) is 0 Å². The summed E-state index contributed by atoms with van der Waals surface area (Å²) in [4.78, 5) is 2.58. The SMILES string of the molecule is Cc1ccc(N(Cc2ccsc2)C2CC2)c(CC(C)N)c1. The molecule has 21 heavy (non-hydrogen) atoms. The number of nitrogens with two attached hydrogens (primary N) is 1. The maximum atomic E-state index is 6.05. The first kappa shape index (κ1) is 14.6. The zero-order chi connectivity index (χ0) is 14.8. The van der Waals surface area contributed by atoms with Crippen LogP contribution in [-0.4, -0.2) is 12.1 Å². The number of hydrogen-bond acceptors (Lipinski definition) is 3. The Morgan fingerprint density at radius 1 is 1.33 bits per heavy atom. The number of hydrogen-bond donors (Lipinski definition) is 1. The van der Waals surface area contributed by atoms with Gasteiger partial charge >= 0.3 is 0 Å². The molecule has 1 fully saturated rings. The van der Waals surface area contributed by atoms with Gasteiger partial charge < -0.3 is 10.6 Å². The molecule has 1 aromatic carbocycles. The van der Waals surface area contributed by atoms with Gasteiger partial charge in [0.05, 0.1) is 0 Å². The molecular formula is C18H24N2S. The molecule has 2 aromatic rings. The molecule has 0 spiro atoms. The van der Waals surface area contributed by atoms with E-state index in [2.05, 4.69) is 53.8 Å². The molecule has 2 N–H and O–H groups in total. The molecular weight excluding hydrogens is 276 g/mol. The monoisotopic (exact) mass is 300 g/mol. The van der Waals surface area contributed by atoms with Crippen molar-refractivity contribution >= 4 is 17.0 Å². The van der Waals surface area contributed by atoms with Crippen LogP contribution in [0.1, 0.15) is 36.5 Å². The quantitative estimate of drug-likeness (QED) is 0.869. The minimum absolute atomic E-state index is 0.202. The zero-order valence-electron chi connectivity index (χ0n) is 12.9. The fraction of sp³-hybridized carbons (Fsp3) is 0.444. The molecule has 1 unspecified atom stereocenters. The van der Waals surface area contributed by atoms with Crippen LogP contribution in [-0.2, 0) is 13.0 Å². The molecule has 0 bridgehead atoms. The molecule has 2 nitrogen and oxygen atoms in total. The molecule has 1 saturated carbocycles. The molecule has 0 amide bonds. The highest BCUT2D eigenvalue weighted by Gasteiger charge is 2.30. The predicted octanol–water partition coefficient (Wildman–Crippen LogP) is 4.12. The minimum Gasteiger partial charge on any atom is -0.364 e. The van der Waals surface area contributed by atoms with Gasteiger partial charge in [-0.05, 0) is 67.1 Å². The van der Waals surface area contributed by atoms with E-state index in [1.165, 1.54) is 35.2 Å². The van der Waals surface area contributed by atoms with E-state index in [-0.39, 0.29) is 6.04 Å². The Hall–Kier alpha value is -1.32. The summed E-state index contributed by atoms with van der Waals surface area (Å²) in [6.07, 6.45) is 3.58. The van der Waals surface area contributed by atoms with Crippen LogP contribution in [0.2, 0.25) is 0 Å². The predicted molar refractivity (Wildman–Crippen MR) is 92.1 cm³/mol. The molecule has 3 heteroatoms. The van der Waals surface area contributed by atoms with Crippen LogP contribution >= 0.6 is 11.3 Å². The van der Waals surface area contributed by atoms with Crippen molar-refractivity contribution in [2.75, 3.05) is 4.90 Å². The van der Waals surface area contributed by atoms with Crippen LogP contribution in [0.5, 0.6) is 0 Å². The first-order valence-electron chi connectivity index (χ1n) is 7.76. The third-order valence-electron chi connectivity index (χ3n) is 4.01. The Bertz CT molecular complexity index is 585. The Morgan fingerprint density at radius 2 is 2.14 bits per heavy atom. The molecule has 1 aliphatic carbocycles. The lowest BCUT2D eigenvalue weighted by molar-refractivity contribution is 0.724. The van der Waals surface area contributed by atoms with E-state index < -0.39 is 0 Å². The average Bonchev–Trinajstić information content (AvgIpc) is 3.14. The largest absolute Gasteiger partial charge is 0.364 e. The van der Waals surface area contributed by atoms with Crippen molar-refractivity contribution in [1.29, 1.82) is 0 Å². The summed E-state index contributed by atoms with van der Waals surface area (Å²) in [7, 11) is 0. The van der Waals surface area contributed by atoms with E-state index in [1.807, 2.05) is 0 Å². The van der Waals surface area contributed by atoms with Crippen molar-refractivity contribution in [1.82, 2.24) is 0 Å². The second-order valence-electron chi connectivity index (χ2n) is 6.30. The van der Waals surface area contributed by atoms with Gasteiger partial charge in [0, 0.05) is 24.3 Å². The van der Waals surface area contributed by atoms with Crippen molar-refractivity contribution in [3.05, 3.63) is 51.7 Å². The summed E-state index contributed by atoms with van der Waals surface area (Å²) in [5.74, 6) is 0. The molecule has 0 radical (unpaired) electrons. The molecule has 3 rings (SSSR count). The standard InChI is InChI=1S/C18H24N2S/c1-13-3-6-18(16(9-13)10-14(2)19)20(17-4-5-17)11-15-7-8-21-12-15/h3,6-9,12,14,17H,4-5,10-11,19H2,1-2H3. The van der Waals surface area contributed by atoms with Gasteiger partial charge in [-0.3, -0.25) is 0 Å². The second kappa shape index (κ2) is 6.20. The molecule has 0 aliphatic heterocycles. The fourth-order valence-corrected chi connectivity index (χ4v) is 3.54. The first-order chi connectivity index (χ1) is 10.1. The third-order valence-corrected chi connectivity index (χ3v) is 4.74. The highest BCUT2D eigenvalue weighted by Crippen LogP contribution is 2.36. The molecule has 1 aromatic heterocycles. The normalized spacial score (nSPS) is 16.0. The number of benzene rings is 1. The summed E-state index contributed by atoms with van der Waals surface area (Å²) in [6, 6.07) is 9.97. The second-order valence-corrected chi connectivity index (χ2v) is 7.08. The van der Waals surface area contributed by atoms with Crippen LogP contribution in [0.3, 0.4) is 0 Å². The third kappa shape index (κ3) is 3.66. The average molecular weight is 300 g/mol. The van der Waals surface area contributed by atoms with Gasteiger partial charge in [0.1, 0.15) is 0 Å². The zero-order valence-corrected chi connectivity index (χ0v) is 13.7. The van der Waals surface area contributed by atoms with Crippen molar-refractivity contribution in [3.8, 4) is 0 Å². The highest BCUT2D eigenvalue weighted by atomic mass is 32.1. The van der Waals surface area contributed by atoms with Crippen LogP contribution in [0.4, 0.5) is 5.69 Å². The lowest BCUT2D eigenvalue weighted by Crippen LogP contribution is -2.27. The number of nitrogens with zero attached hydrogens (tertiary/aromatic N) is 1. The Kier molecular flexibility index (Phi) is 4.32. The number of anilines is 1. The molecule has 1 heterocycles. The van der Waals surface area contributed by atoms with Crippen molar-refractivity contribution in [2.24, 2.45) is 5.73 Å². The molecule has 0 saturated heterocycles. The summed E-state index contributed by atoms with van der Waals surface area (Å²) in [5, 5.41) is 4.42. The smallest absolute Gasteiger partial charge is 0.0440 e. The Balaban J connectivity index is 1.91. The van der Waals surface area contributed by atoms with E-state index >= 15 is 0 Å². The van der Waals surface area contributed by atoms with E-state index in [1.54, 1.807) is 11.3 Å². The number of rotatable bonds is 6. The summed E-state index contributed by atoms with van der Waals surface area (Å²) >= 11 is 1.78. The maximum absolute atomic E-state index is 6.05. The molecule has 1 atom stereocenters. The van der Waals surface area contributed by atoms with Gasteiger partial charge in [0.15, 0.2) is 0 Å². The lowest BCUT2D eigenvalue weighted by atomic mass is 10.0. The van der Waals surface area contributed by atoms with Gasteiger partial charge in [-0.1, -0.05) is 17.7 Å². The van der Waals surface area contributed by atoms with Gasteiger partial charge in [-0.25, -0.2) is 0 Å². The van der Waals surface area contributed by atoms with E-state index in [4.69, 9.17) is 5.73 Å².